The molecule has 1 aromatic carbocycles. The Morgan fingerprint density at radius 2 is 2.11 bits per heavy atom. The number of hydrogen-bond acceptors (Lipinski definition) is 2. The highest BCUT2D eigenvalue weighted by Crippen LogP contribution is 2.16. The number of urea groups is 1. The highest BCUT2D eigenvalue weighted by molar-refractivity contribution is 5.90. The lowest BCUT2D eigenvalue weighted by molar-refractivity contribution is -0.131. The van der Waals surface area contributed by atoms with Crippen molar-refractivity contribution in [2.75, 3.05) is 11.9 Å². The molecule has 2 amide bonds. The van der Waals surface area contributed by atoms with Crippen LogP contribution in [-0.2, 0) is 4.79 Å². The largest absolute Gasteiger partial charge is 0.478 e. The number of rotatable bonds is 4. The predicted octanol–water partition coefficient (Wildman–Crippen LogP) is 2.23. The average molecular weight is 248 g/mol. The van der Waals surface area contributed by atoms with Gasteiger partial charge in [0.1, 0.15) is 0 Å². The smallest absolute Gasteiger partial charge is 0.328 e. The Kier molecular flexibility index (Phi) is 4.92. The number of carboxylic acids is 1. The van der Waals surface area contributed by atoms with Crippen LogP contribution in [0.15, 0.2) is 24.3 Å². The Balaban J connectivity index is 2.79. The predicted molar refractivity (Wildman–Crippen MR) is 70.5 cm³/mol. The first-order valence-corrected chi connectivity index (χ1v) is 5.59. The number of aliphatic carboxylic acids is 1. The zero-order valence-corrected chi connectivity index (χ0v) is 10.4. The van der Waals surface area contributed by atoms with Crippen molar-refractivity contribution >= 4 is 23.8 Å². The quantitative estimate of drug-likeness (QED) is 0.715. The molecule has 0 heterocycles. The number of hydrogen-bond donors (Lipinski definition) is 3. The number of aryl methyl sites for hydroxylation is 1. The van der Waals surface area contributed by atoms with Gasteiger partial charge >= 0.3 is 12.0 Å². The first-order valence-electron chi connectivity index (χ1n) is 5.59. The lowest BCUT2D eigenvalue weighted by Gasteiger charge is -2.08. The van der Waals surface area contributed by atoms with E-state index in [-0.39, 0.29) is 6.03 Å². The van der Waals surface area contributed by atoms with E-state index in [1.54, 1.807) is 18.2 Å². The van der Waals surface area contributed by atoms with E-state index in [1.807, 2.05) is 13.8 Å². The van der Waals surface area contributed by atoms with E-state index in [9.17, 15) is 9.59 Å². The van der Waals surface area contributed by atoms with Crippen molar-refractivity contribution in [3.05, 3.63) is 35.4 Å². The molecule has 0 saturated heterocycles. The van der Waals surface area contributed by atoms with Crippen LogP contribution in [0.3, 0.4) is 0 Å². The summed E-state index contributed by atoms with van der Waals surface area (Å²) in [6, 6.07) is 5.02. The van der Waals surface area contributed by atoms with Crippen LogP contribution in [0, 0.1) is 6.92 Å². The molecule has 3 N–H and O–H groups in total. The third kappa shape index (κ3) is 4.29. The van der Waals surface area contributed by atoms with E-state index in [2.05, 4.69) is 10.6 Å². The fourth-order valence-corrected chi connectivity index (χ4v) is 1.44. The first-order chi connectivity index (χ1) is 8.52. The minimum Gasteiger partial charge on any atom is -0.478 e. The van der Waals surface area contributed by atoms with Crippen molar-refractivity contribution in [3.8, 4) is 0 Å². The van der Waals surface area contributed by atoms with Crippen LogP contribution in [0.5, 0.6) is 0 Å². The molecule has 0 fully saturated rings. The molecule has 0 bridgehead atoms. The van der Waals surface area contributed by atoms with E-state index in [4.69, 9.17) is 5.11 Å². The summed E-state index contributed by atoms with van der Waals surface area (Å²) in [7, 11) is 0. The highest BCUT2D eigenvalue weighted by atomic mass is 16.4. The van der Waals surface area contributed by atoms with Gasteiger partial charge in [0.25, 0.3) is 0 Å². The maximum atomic E-state index is 11.3. The van der Waals surface area contributed by atoms with Gasteiger partial charge in [0.05, 0.1) is 0 Å². The molecule has 96 valence electrons. The third-order valence-electron chi connectivity index (χ3n) is 2.27. The van der Waals surface area contributed by atoms with Gasteiger partial charge in [0.15, 0.2) is 0 Å². The molecule has 0 atom stereocenters. The Hall–Kier alpha value is -2.30. The van der Waals surface area contributed by atoms with E-state index in [0.29, 0.717) is 12.2 Å². The van der Waals surface area contributed by atoms with Gasteiger partial charge < -0.3 is 15.7 Å². The number of carbonyl (C=O) groups is 2. The second-order valence-corrected chi connectivity index (χ2v) is 3.73. The zero-order chi connectivity index (χ0) is 13.5. The summed E-state index contributed by atoms with van der Waals surface area (Å²) in [5, 5.41) is 13.9. The van der Waals surface area contributed by atoms with Gasteiger partial charge in [-0.2, -0.15) is 0 Å². The van der Waals surface area contributed by atoms with Crippen LogP contribution in [-0.4, -0.2) is 23.7 Å². The number of benzene rings is 1. The normalized spacial score (nSPS) is 10.3. The molecule has 0 saturated carbocycles. The van der Waals surface area contributed by atoms with Crippen molar-refractivity contribution < 1.29 is 14.7 Å². The molecule has 0 aliphatic heterocycles. The maximum absolute atomic E-state index is 11.3. The average Bonchev–Trinajstić information content (AvgIpc) is 2.28. The molecule has 0 spiro atoms. The molecular weight excluding hydrogens is 232 g/mol. The molecule has 18 heavy (non-hydrogen) atoms. The van der Waals surface area contributed by atoms with Gasteiger partial charge in [-0.25, -0.2) is 9.59 Å². The van der Waals surface area contributed by atoms with E-state index in [0.717, 1.165) is 17.2 Å². The van der Waals surface area contributed by atoms with Crippen LogP contribution in [0.1, 0.15) is 18.1 Å². The zero-order valence-electron chi connectivity index (χ0n) is 10.4. The van der Waals surface area contributed by atoms with Crippen molar-refractivity contribution in [1.29, 1.82) is 0 Å². The standard InChI is InChI=1S/C13H16N2O3/c1-3-14-13(18)15-11-6-4-10(9(2)8-11)5-7-12(16)17/h4-8H,3H2,1-2H3,(H,16,17)(H2,14,15,18)/b7-5+. The number of carbonyl (C=O) groups excluding carboxylic acids is 1. The Morgan fingerprint density at radius 3 is 2.67 bits per heavy atom. The van der Waals surface area contributed by atoms with E-state index in [1.165, 1.54) is 6.08 Å². The fourth-order valence-electron chi connectivity index (χ4n) is 1.44. The molecule has 0 aliphatic rings. The molecule has 0 radical (unpaired) electrons. The van der Waals surface area contributed by atoms with Crippen molar-refractivity contribution in [2.45, 2.75) is 13.8 Å². The second kappa shape index (κ2) is 6.44. The summed E-state index contributed by atoms with van der Waals surface area (Å²) in [4.78, 5) is 21.7. The minimum absolute atomic E-state index is 0.259. The van der Waals surface area contributed by atoms with E-state index < -0.39 is 5.97 Å². The first kappa shape index (κ1) is 13.8. The number of nitrogens with one attached hydrogen (secondary N) is 2. The number of carboxylic acid groups (broad SMARTS) is 1. The van der Waals surface area contributed by atoms with Gasteiger partial charge in [-0.3, -0.25) is 0 Å². The SMILES string of the molecule is CCNC(=O)Nc1ccc(/C=C/C(=O)O)c(C)c1. The van der Waals surface area contributed by atoms with Gasteiger partial charge in [0.2, 0.25) is 0 Å². The van der Waals surface area contributed by atoms with Crippen LogP contribution in [0.2, 0.25) is 0 Å². The second-order valence-electron chi connectivity index (χ2n) is 3.73. The van der Waals surface area contributed by atoms with Crippen LogP contribution in [0.4, 0.5) is 10.5 Å². The molecule has 0 aromatic heterocycles. The topological polar surface area (TPSA) is 78.4 Å². The van der Waals surface area contributed by atoms with E-state index >= 15 is 0 Å². The molecule has 1 aromatic rings. The number of anilines is 1. The molecule has 5 heteroatoms. The lowest BCUT2D eigenvalue weighted by atomic mass is 10.1. The van der Waals surface area contributed by atoms with Crippen molar-refractivity contribution in [3.63, 3.8) is 0 Å². The molecule has 0 aliphatic carbocycles. The summed E-state index contributed by atoms with van der Waals surface area (Å²) < 4.78 is 0. The summed E-state index contributed by atoms with van der Waals surface area (Å²) >= 11 is 0. The van der Waals surface area contributed by atoms with Crippen molar-refractivity contribution in [1.82, 2.24) is 5.32 Å². The molecular formula is C13H16N2O3. The Morgan fingerprint density at radius 1 is 1.39 bits per heavy atom. The fraction of sp³-hybridized carbons (Fsp3) is 0.231. The summed E-state index contributed by atoms with van der Waals surface area (Å²) in [5.74, 6) is -0.987. The summed E-state index contributed by atoms with van der Waals surface area (Å²) in [6.45, 7) is 4.25. The lowest BCUT2D eigenvalue weighted by Crippen LogP contribution is -2.28. The van der Waals surface area contributed by atoms with Gasteiger partial charge in [-0.1, -0.05) is 6.07 Å². The van der Waals surface area contributed by atoms with Crippen LogP contribution >= 0.6 is 0 Å². The Bertz CT molecular complexity index is 481. The van der Waals surface area contributed by atoms with Gasteiger partial charge in [-0.15, -0.1) is 0 Å². The van der Waals surface area contributed by atoms with Crippen LogP contribution < -0.4 is 10.6 Å². The summed E-state index contributed by atoms with van der Waals surface area (Å²) in [5.41, 5.74) is 2.37. The third-order valence-corrected chi connectivity index (χ3v) is 2.27. The highest BCUT2D eigenvalue weighted by Gasteiger charge is 2.02. The molecule has 1 rings (SSSR count). The Labute approximate surface area is 106 Å². The van der Waals surface area contributed by atoms with Crippen LogP contribution in [0.25, 0.3) is 6.08 Å². The summed E-state index contributed by atoms with van der Waals surface area (Å²) in [6.07, 6.45) is 2.60. The monoisotopic (exact) mass is 248 g/mol. The van der Waals surface area contributed by atoms with Gasteiger partial charge in [0, 0.05) is 18.3 Å². The molecule has 5 nitrogen and oxygen atoms in total. The minimum atomic E-state index is -0.987. The van der Waals surface area contributed by atoms with Crippen molar-refractivity contribution in [2.24, 2.45) is 0 Å². The maximum Gasteiger partial charge on any atom is 0.328 e. The molecule has 0 unspecified atom stereocenters. The van der Waals surface area contributed by atoms with Gasteiger partial charge in [-0.05, 0) is 43.2 Å². The number of amides is 2.